The number of aromatic nitrogens is 1. The van der Waals surface area contributed by atoms with Crippen LogP contribution >= 0.6 is 0 Å². The molecule has 3 aromatic rings. The van der Waals surface area contributed by atoms with Crippen molar-refractivity contribution in [3.8, 4) is 0 Å². The maximum Gasteiger partial charge on any atom is 0.268 e. The lowest BCUT2D eigenvalue weighted by Gasteiger charge is -2.45. The average Bonchev–Trinajstić information content (AvgIpc) is 3.11. The molecule has 0 amide bonds. The van der Waals surface area contributed by atoms with Crippen molar-refractivity contribution in [2.45, 2.75) is 23.8 Å². The summed E-state index contributed by atoms with van der Waals surface area (Å²) in [5.74, 6) is 0.303. The predicted octanol–water partition coefficient (Wildman–Crippen LogP) is 3.31. The van der Waals surface area contributed by atoms with E-state index in [1.807, 2.05) is 30.3 Å². The van der Waals surface area contributed by atoms with Crippen molar-refractivity contribution in [1.29, 1.82) is 0 Å². The molecule has 1 aromatic heterocycles. The van der Waals surface area contributed by atoms with Gasteiger partial charge in [-0.15, -0.1) is 0 Å². The van der Waals surface area contributed by atoms with Gasteiger partial charge in [-0.05, 0) is 43.0 Å². The van der Waals surface area contributed by atoms with Gasteiger partial charge in [0.1, 0.15) is 0 Å². The first-order chi connectivity index (χ1) is 13.6. The molecule has 6 rings (SSSR count). The first-order valence-corrected chi connectivity index (χ1v) is 11.0. The van der Waals surface area contributed by atoms with Crippen LogP contribution in [0.3, 0.4) is 0 Å². The maximum absolute atomic E-state index is 13.2. The summed E-state index contributed by atoms with van der Waals surface area (Å²) in [7, 11) is -3.70. The highest BCUT2D eigenvalue weighted by molar-refractivity contribution is 7.90. The lowest BCUT2D eigenvalue weighted by Crippen LogP contribution is -2.48. The molecule has 3 aliphatic heterocycles. The third kappa shape index (κ3) is 2.67. The standard InChI is InChI=1S/C22H22N2O3S/c25-22-16-10-12-23(13-11-16)21(22)14-17-15-24(20-9-5-4-8-19(17)20)28(26,27)18-6-2-1-3-7-18/h1-9,14-16,22,25H,10-13H2. The van der Waals surface area contributed by atoms with Crippen LogP contribution in [0.4, 0.5) is 0 Å². The van der Waals surface area contributed by atoms with E-state index in [9.17, 15) is 13.5 Å². The van der Waals surface area contributed by atoms with E-state index in [0.29, 0.717) is 11.4 Å². The number of benzene rings is 2. The predicted molar refractivity (Wildman–Crippen MR) is 109 cm³/mol. The number of nitrogens with zero attached hydrogens (tertiary/aromatic N) is 2. The van der Waals surface area contributed by atoms with E-state index in [1.165, 1.54) is 3.97 Å². The Morgan fingerprint density at radius 2 is 1.64 bits per heavy atom. The molecule has 1 atom stereocenters. The van der Waals surface area contributed by atoms with Crippen LogP contribution in [0.1, 0.15) is 18.4 Å². The molecule has 28 heavy (non-hydrogen) atoms. The van der Waals surface area contributed by atoms with Gasteiger partial charge in [-0.2, -0.15) is 0 Å². The second-order valence-electron chi connectivity index (χ2n) is 7.55. The zero-order chi connectivity index (χ0) is 19.3. The summed E-state index contributed by atoms with van der Waals surface area (Å²) in [6.07, 6.45) is 5.20. The minimum Gasteiger partial charge on any atom is -0.387 e. The summed E-state index contributed by atoms with van der Waals surface area (Å²) >= 11 is 0. The van der Waals surface area contributed by atoms with Gasteiger partial charge in [0.2, 0.25) is 0 Å². The fourth-order valence-corrected chi connectivity index (χ4v) is 5.83. The van der Waals surface area contributed by atoms with Crippen LogP contribution in [-0.4, -0.2) is 41.6 Å². The highest BCUT2D eigenvalue weighted by Crippen LogP contribution is 2.37. The second kappa shape index (κ2) is 6.50. The van der Waals surface area contributed by atoms with Gasteiger partial charge in [-0.25, -0.2) is 12.4 Å². The van der Waals surface area contributed by atoms with Crippen molar-refractivity contribution in [3.05, 3.63) is 72.1 Å². The molecule has 2 aromatic carbocycles. The van der Waals surface area contributed by atoms with E-state index >= 15 is 0 Å². The molecule has 5 nitrogen and oxygen atoms in total. The Morgan fingerprint density at radius 3 is 2.36 bits per heavy atom. The minimum atomic E-state index is -3.70. The molecular weight excluding hydrogens is 372 g/mol. The number of hydrogen-bond donors (Lipinski definition) is 1. The van der Waals surface area contributed by atoms with Crippen LogP contribution in [0.25, 0.3) is 17.0 Å². The quantitative estimate of drug-likeness (QED) is 0.740. The molecular formula is C22H22N2O3S. The Kier molecular flexibility index (Phi) is 4.07. The second-order valence-corrected chi connectivity index (χ2v) is 9.37. The molecule has 3 aliphatic rings. The number of hydrogen-bond acceptors (Lipinski definition) is 4. The van der Waals surface area contributed by atoms with E-state index < -0.39 is 16.1 Å². The molecule has 2 bridgehead atoms. The van der Waals surface area contributed by atoms with Crippen LogP contribution < -0.4 is 0 Å². The first kappa shape index (κ1) is 17.5. The fourth-order valence-electron chi connectivity index (χ4n) is 4.43. The fraction of sp³-hybridized carbons (Fsp3) is 0.273. The zero-order valence-electron chi connectivity index (χ0n) is 15.4. The third-order valence-corrected chi connectivity index (χ3v) is 7.65. The molecule has 1 unspecified atom stereocenters. The lowest BCUT2D eigenvalue weighted by atomic mass is 9.83. The third-order valence-electron chi connectivity index (χ3n) is 5.97. The monoisotopic (exact) mass is 394 g/mol. The number of rotatable bonds is 3. The maximum atomic E-state index is 13.2. The Labute approximate surface area is 164 Å². The number of aliphatic hydroxyl groups is 1. The van der Waals surface area contributed by atoms with Crippen LogP contribution in [0.15, 0.2) is 71.4 Å². The highest BCUT2D eigenvalue weighted by atomic mass is 32.2. The SMILES string of the molecule is O=S(=O)(c1ccccc1)n1cc(C=C2C(O)C3CCN2CC3)c2ccccc21. The summed E-state index contributed by atoms with van der Waals surface area (Å²) in [5, 5.41) is 11.6. The zero-order valence-corrected chi connectivity index (χ0v) is 16.2. The molecule has 144 valence electrons. The Hall–Kier alpha value is -2.57. The van der Waals surface area contributed by atoms with Gasteiger partial charge in [-0.1, -0.05) is 36.4 Å². The first-order valence-electron chi connectivity index (χ1n) is 9.61. The van der Waals surface area contributed by atoms with E-state index in [4.69, 9.17) is 0 Å². The van der Waals surface area contributed by atoms with Gasteiger partial charge >= 0.3 is 0 Å². The topological polar surface area (TPSA) is 62.5 Å². The van der Waals surface area contributed by atoms with Crippen molar-refractivity contribution >= 4 is 27.0 Å². The molecule has 3 fully saturated rings. The van der Waals surface area contributed by atoms with Crippen LogP contribution in [-0.2, 0) is 10.0 Å². The molecule has 0 aliphatic carbocycles. The smallest absolute Gasteiger partial charge is 0.268 e. The van der Waals surface area contributed by atoms with Gasteiger partial charge < -0.3 is 10.0 Å². The molecule has 6 heteroatoms. The molecule has 0 radical (unpaired) electrons. The van der Waals surface area contributed by atoms with Crippen LogP contribution in [0.2, 0.25) is 0 Å². The molecule has 4 heterocycles. The normalized spacial score (nSPS) is 23.6. The van der Waals surface area contributed by atoms with Gasteiger partial charge in [0.15, 0.2) is 0 Å². The summed E-state index contributed by atoms with van der Waals surface area (Å²) in [5.41, 5.74) is 2.36. The number of piperidine rings is 3. The number of para-hydroxylation sites is 1. The lowest BCUT2D eigenvalue weighted by molar-refractivity contribution is 0.0215. The highest BCUT2D eigenvalue weighted by Gasteiger charge is 2.36. The van der Waals surface area contributed by atoms with E-state index in [1.54, 1.807) is 36.5 Å². The summed E-state index contributed by atoms with van der Waals surface area (Å²) in [6, 6.07) is 16.0. The average molecular weight is 394 g/mol. The summed E-state index contributed by atoms with van der Waals surface area (Å²) in [4.78, 5) is 2.48. The Morgan fingerprint density at radius 1 is 0.964 bits per heavy atom. The van der Waals surface area contributed by atoms with E-state index in [0.717, 1.165) is 42.6 Å². The van der Waals surface area contributed by atoms with E-state index in [2.05, 4.69) is 4.90 Å². The summed E-state index contributed by atoms with van der Waals surface area (Å²) in [6.45, 7) is 1.91. The van der Waals surface area contributed by atoms with Crippen molar-refractivity contribution in [3.63, 3.8) is 0 Å². The van der Waals surface area contributed by atoms with Crippen molar-refractivity contribution < 1.29 is 13.5 Å². The van der Waals surface area contributed by atoms with Crippen molar-refractivity contribution in [2.75, 3.05) is 13.1 Å². The van der Waals surface area contributed by atoms with Crippen LogP contribution in [0, 0.1) is 5.92 Å². The van der Waals surface area contributed by atoms with Gasteiger partial charge in [0.25, 0.3) is 10.0 Å². The number of fused-ring (bicyclic) bond motifs is 4. The molecule has 0 saturated carbocycles. The van der Waals surface area contributed by atoms with Gasteiger partial charge in [0, 0.05) is 35.9 Å². The summed E-state index contributed by atoms with van der Waals surface area (Å²) < 4.78 is 27.8. The molecule has 0 spiro atoms. The Balaban J connectivity index is 1.68. The molecule has 3 saturated heterocycles. The van der Waals surface area contributed by atoms with Gasteiger partial charge in [-0.3, -0.25) is 0 Å². The van der Waals surface area contributed by atoms with Crippen LogP contribution in [0.5, 0.6) is 0 Å². The van der Waals surface area contributed by atoms with Crippen molar-refractivity contribution in [1.82, 2.24) is 8.87 Å². The minimum absolute atomic E-state index is 0.260. The Bertz CT molecular complexity index is 1150. The van der Waals surface area contributed by atoms with Crippen molar-refractivity contribution in [2.24, 2.45) is 5.92 Å². The van der Waals surface area contributed by atoms with E-state index in [-0.39, 0.29) is 4.90 Å². The largest absolute Gasteiger partial charge is 0.387 e. The molecule has 1 N–H and O–H groups in total. The van der Waals surface area contributed by atoms with Gasteiger partial charge in [0.05, 0.1) is 16.5 Å². The number of aliphatic hydroxyl groups excluding tert-OH is 1.